The Bertz CT molecular complexity index is 181. The minimum Gasteiger partial charge on any atom is -0.468 e. The second kappa shape index (κ2) is 6.30. The summed E-state index contributed by atoms with van der Waals surface area (Å²) in [7, 11) is 1.38. The van der Waals surface area contributed by atoms with Crippen molar-refractivity contribution in [1.82, 2.24) is 0 Å². The van der Waals surface area contributed by atoms with Crippen molar-refractivity contribution >= 4 is 17.7 Å². The predicted molar refractivity (Wildman–Crippen MR) is 59.3 cm³/mol. The Balaban J connectivity index is 2.05. The molecule has 82 valence electrons. The van der Waals surface area contributed by atoms with E-state index in [0.717, 1.165) is 11.7 Å². The highest BCUT2D eigenvalue weighted by Crippen LogP contribution is 2.27. The van der Waals surface area contributed by atoms with Crippen molar-refractivity contribution in [3.8, 4) is 0 Å². The number of nitrogens with two attached hydrogens (primary N) is 1. The van der Waals surface area contributed by atoms with Crippen LogP contribution in [0.15, 0.2) is 0 Å². The number of carbonyl (C=O) groups is 1. The molecule has 4 heteroatoms. The lowest BCUT2D eigenvalue weighted by Crippen LogP contribution is -2.34. The molecule has 2 N–H and O–H groups in total. The van der Waals surface area contributed by atoms with Crippen molar-refractivity contribution in [2.24, 2.45) is 11.7 Å². The standard InChI is InChI=1S/C10H19NO2S/c1-13-10(12)9(11)7-14-6-8-4-2-3-5-8/h8-9H,2-7,11H2,1H3. The summed E-state index contributed by atoms with van der Waals surface area (Å²) in [6.45, 7) is 0. The van der Waals surface area contributed by atoms with E-state index in [-0.39, 0.29) is 5.97 Å². The van der Waals surface area contributed by atoms with Crippen LogP contribution < -0.4 is 5.73 Å². The van der Waals surface area contributed by atoms with E-state index < -0.39 is 6.04 Å². The van der Waals surface area contributed by atoms with Gasteiger partial charge in [0, 0.05) is 5.75 Å². The first kappa shape index (κ1) is 11.9. The van der Waals surface area contributed by atoms with Crippen LogP contribution in [0.2, 0.25) is 0 Å². The van der Waals surface area contributed by atoms with Gasteiger partial charge in [-0.1, -0.05) is 12.8 Å². The highest BCUT2D eigenvalue weighted by atomic mass is 32.2. The zero-order valence-electron chi connectivity index (χ0n) is 8.70. The maximum atomic E-state index is 11.0. The van der Waals surface area contributed by atoms with Crippen LogP contribution in [0.4, 0.5) is 0 Å². The van der Waals surface area contributed by atoms with E-state index in [1.807, 2.05) is 0 Å². The lowest BCUT2D eigenvalue weighted by Gasteiger charge is -2.11. The SMILES string of the molecule is COC(=O)C(N)CSCC1CCCC1. The Hall–Kier alpha value is -0.220. The van der Waals surface area contributed by atoms with Crippen LogP contribution in [0.5, 0.6) is 0 Å². The summed E-state index contributed by atoms with van der Waals surface area (Å²) in [6.07, 6.45) is 5.43. The lowest BCUT2D eigenvalue weighted by molar-refractivity contribution is -0.141. The van der Waals surface area contributed by atoms with Crippen molar-refractivity contribution in [1.29, 1.82) is 0 Å². The molecule has 0 amide bonds. The molecule has 0 heterocycles. The van der Waals surface area contributed by atoms with Crippen molar-refractivity contribution in [3.63, 3.8) is 0 Å². The molecule has 1 rings (SSSR count). The highest BCUT2D eigenvalue weighted by Gasteiger charge is 2.17. The Kier molecular flexibility index (Phi) is 5.33. The van der Waals surface area contributed by atoms with Crippen molar-refractivity contribution in [2.75, 3.05) is 18.6 Å². The Morgan fingerprint density at radius 3 is 2.79 bits per heavy atom. The van der Waals surface area contributed by atoms with Crippen LogP contribution in [0.1, 0.15) is 25.7 Å². The van der Waals surface area contributed by atoms with E-state index in [2.05, 4.69) is 4.74 Å². The third-order valence-corrected chi connectivity index (χ3v) is 3.93. The number of hydrogen-bond acceptors (Lipinski definition) is 4. The van der Waals surface area contributed by atoms with Gasteiger partial charge in [0.2, 0.25) is 0 Å². The van der Waals surface area contributed by atoms with Gasteiger partial charge in [-0.05, 0) is 24.5 Å². The Labute approximate surface area is 89.8 Å². The van der Waals surface area contributed by atoms with Gasteiger partial charge in [-0.25, -0.2) is 0 Å². The van der Waals surface area contributed by atoms with E-state index in [4.69, 9.17) is 5.73 Å². The first-order valence-electron chi connectivity index (χ1n) is 5.15. The summed E-state index contributed by atoms with van der Waals surface area (Å²) in [5, 5.41) is 0. The molecule has 0 aliphatic heterocycles. The fourth-order valence-corrected chi connectivity index (χ4v) is 2.95. The first-order chi connectivity index (χ1) is 6.74. The first-order valence-corrected chi connectivity index (χ1v) is 6.30. The van der Waals surface area contributed by atoms with Gasteiger partial charge in [-0.2, -0.15) is 11.8 Å². The molecule has 1 unspecified atom stereocenters. The maximum absolute atomic E-state index is 11.0. The van der Waals surface area contributed by atoms with E-state index >= 15 is 0 Å². The average Bonchev–Trinajstić information content (AvgIpc) is 2.69. The van der Waals surface area contributed by atoms with Gasteiger partial charge in [-0.15, -0.1) is 0 Å². The Morgan fingerprint density at radius 1 is 1.57 bits per heavy atom. The van der Waals surface area contributed by atoms with Gasteiger partial charge in [0.25, 0.3) is 0 Å². The summed E-state index contributed by atoms with van der Waals surface area (Å²) in [4.78, 5) is 11.0. The number of carbonyl (C=O) groups excluding carboxylic acids is 1. The van der Waals surface area contributed by atoms with Gasteiger partial charge < -0.3 is 10.5 Å². The Morgan fingerprint density at radius 2 is 2.21 bits per heavy atom. The zero-order chi connectivity index (χ0) is 10.4. The molecule has 1 fully saturated rings. The zero-order valence-corrected chi connectivity index (χ0v) is 9.52. The number of esters is 1. The summed E-state index contributed by atoms with van der Waals surface area (Å²) >= 11 is 1.78. The van der Waals surface area contributed by atoms with Crippen LogP contribution in [0.25, 0.3) is 0 Å². The molecule has 3 nitrogen and oxygen atoms in total. The van der Waals surface area contributed by atoms with E-state index in [0.29, 0.717) is 5.75 Å². The van der Waals surface area contributed by atoms with Crippen LogP contribution in [0.3, 0.4) is 0 Å². The van der Waals surface area contributed by atoms with Crippen molar-refractivity contribution in [3.05, 3.63) is 0 Å². The van der Waals surface area contributed by atoms with Crippen molar-refractivity contribution < 1.29 is 9.53 Å². The molecule has 1 saturated carbocycles. The molecule has 1 aliphatic carbocycles. The minimum absolute atomic E-state index is 0.302. The number of hydrogen-bond donors (Lipinski definition) is 1. The molecular formula is C10H19NO2S. The van der Waals surface area contributed by atoms with Gasteiger partial charge in [0.15, 0.2) is 0 Å². The fraction of sp³-hybridized carbons (Fsp3) is 0.900. The minimum atomic E-state index is -0.452. The monoisotopic (exact) mass is 217 g/mol. The maximum Gasteiger partial charge on any atom is 0.323 e. The van der Waals surface area contributed by atoms with Gasteiger partial charge in [0.05, 0.1) is 7.11 Å². The molecule has 0 radical (unpaired) electrons. The second-order valence-corrected chi connectivity index (χ2v) is 4.89. The highest BCUT2D eigenvalue weighted by molar-refractivity contribution is 7.99. The van der Waals surface area contributed by atoms with Crippen LogP contribution in [-0.4, -0.2) is 30.6 Å². The molecule has 0 aromatic rings. The van der Waals surface area contributed by atoms with Crippen LogP contribution in [0, 0.1) is 5.92 Å². The van der Waals surface area contributed by atoms with E-state index in [1.54, 1.807) is 11.8 Å². The number of rotatable bonds is 5. The number of ether oxygens (including phenoxy) is 1. The molecule has 14 heavy (non-hydrogen) atoms. The molecule has 0 spiro atoms. The average molecular weight is 217 g/mol. The van der Waals surface area contributed by atoms with Crippen molar-refractivity contribution in [2.45, 2.75) is 31.7 Å². The molecule has 0 aromatic carbocycles. The summed E-state index contributed by atoms with van der Waals surface area (Å²) in [5.41, 5.74) is 5.62. The summed E-state index contributed by atoms with van der Waals surface area (Å²) in [5.74, 6) is 2.38. The number of thioether (sulfide) groups is 1. The van der Waals surface area contributed by atoms with Gasteiger partial charge in [0.1, 0.15) is 6.04 Å². The third-order valence-electron chi connectivity index (χ3n) is 2.63. The number of methoxy groups -OCH3 is 1. The van der Waals surface area contributed by atoms with Crippen LogP contribution in [-0.2, 0) is 9.53 Å². The van der Waals surface area contributed by atoms with Crippen LogP contribution >= 0.6 is 11.8 Å². The largest absolute Gasteiger partial charge is 0.468 e. The van der Waals surface area contributed by atoms with Gasteiger partial charge in [-0.3, -0.25) is 4.79 Å². The molecular weight excluding hydrogens is 198 g/mol. The molecule has 0 aromatic heterocycles. The normalized spacial score (nSPS) is 19.6. The van der Waals surface area contributed by atoms with E-state index in [1.165, 1.54) is 32.8 Å². The lowest BCUT2D eigenvalue weighted by atomic mass is 10.1. The second-order valence-electron chi connectivity index (χ2n) is 3.82. The molecule has 1 aliphatic rings. The van der Waals surface area contributed by atoms with Gasteiger partial charge >= 0.3 is 5.97 Å². The molecule has 1 atom stereocenters. The fourth-order valence-electron chi connectivity index (χ4n) is 1.76. The molecule has 0 bridgehead atoms. The van der Waals surface area contributed by atoms with E-state index in [9.17, 15) is 4.79 Å². The third kappa shape index (κ3) is 3.88. The molecule has 0 saturated heterocycles. The quantitative estimate of drug-likeness (QED) is 0.707. The summed E-state index contributed by atoms with van der Waals surface area (Å²) in [6, 6.07) is -0.452. The predicted octanol–water partition coefficient (Wildman–Crippen LogP) is 1.41. The summed E-state index contributed by atoms with van der Waals surface area (Å²) < 4.78 is 4.56. The smallest absolute Gasteiger partial charge is 0.323 e. The topological polar surface area (TPSA) is 52.3 Å².